The number of hydrogen-bond acceptors (Lipinski definition) is 4. The van der Waals surface area contributed by atoms with Crippen LogP contribution in [0.15, 0.2) is 78.9 Å². The number of carbonyl (C=O) groups excluding carboxylic acids is 1. The number of nitrogens with two attached hydrogens (primary N) is 1. The molecule has 4 aromatic rings. The van der Waals surface area contributed by atoms with E-state index < -0.39 is 0 Å². The minimum atomic E-state index is 0.0277. The van der Waals surface area contributed by atoms with Gasteiger partial charge < -0.3 is 11.1 Å². The van der Waals surface area contributed by atoms with Gasteiger partial charge in [0.05, 0.1) is 17.4 Å². The fourth-order valence-electron chi connectivity index (χ4n) is 4.56. The normalized spacial score (nSPS) is 14.1. The van der Waals surface area contributed by atoms with E-state index in [1.165, 1.54) is 12.8 Å². The molecule has 5 nitrogen and oxygen atoms in total. The third-order valence-corrected chi connectivity index (χ3v) is 6.92. The van der Waals surface area contributed by atoms with Crippen LogP contribution in [0.4, 0.5) is 0 Å². The van der Waals surface area contributed by atoms with Crippen molar-refractivity contribution in [1.29, 1.82) is 0 Å². The van der Waals surface area contributed by atoms with Crippen LogP contribution in [0, 0.1) is 12.8 Å². The zero-order valence-electron chi connectivity index (χ0n) is 20.5. The first-order chi connectivity index (χ1) is 17.5. The molecule has 1 unspecified atom stereocenters. The van der Waals surface area contributed by atoms with E-state index in [0.717, 1.165) is 51.1 Å². The Morgan fingerprint density at radius 3 is 2.53 bits per heavy atom. The maximum atomic E-state index is 13.5. The quantitative estimate of drug-likeness (QED) is 0.271. The Morgan fingerprint density at radius 1 is 1.03 bits per heavy atom. The van der Waals surface area contributed by atoms with Crippen molar-refractivity contribution < 1.29 is 4.79 Å². The molecule has 1 heterocycles. The number of Topliss-reactive ketones (excluding diaryl/α,β-unsaturated/α-hetero) is 1. The number of benzene rings is 3. The van der Waals surface area contributed by atoms with E-state index >= 15 is 0 Å². The van der Waals surface area contributed by atoms with Gasteiger partial charge in [0.2, 0.25) is 0 Å². The number of aryl methyl sites for hydroxylation is 1. The second-order valence-electron chi connectivity index (χ2n) is 9.64. The van der Waals surface area contributed by atoms with E-state index in [2.05, 4.69) is 34.7 Å². The van der Waals surface area contributed by atoms with Gasteiger partial charge in [0.25, 0.3) is 0 Å². The van der Waals surface area contributed by atoms with Crippen molar-refractivity contribution in [1.82, 2.24) is 15.1 Å². The lowest BCUT2D eigenvalue weighted by atomic mass is 9.95. The second kappa shape index (κ2) is 10.8. The SMILES string of the molecule is Cc1cc(C(=O)Cc2cccc(C(NCC3CC3)c3ccc(Cl)cc3)c2)n(-c2cccc(CN)c2)n1. The number of ketones is 1. The van der Waals surface area contributed by atoms with E-state index in [4.69, 9.17) is 17.3 Å². The van der Waals surface area contributed by atoms with Gasteiger partial charge in [-0.1, -0.05) is 60.1 Å². The average Bonchev–Trinajstić information content (AvgIpc) is 3.64. The molecule has 0 spiro atoms. The summed E-state index contributed by atoms with van der Waals surface area (Å²) in [6.07, 6.45) is 2.87. The molecule has 3 N–H and O–H groups in total. The maximum Gasteiger partial charge on any atom is 0.185 e. The number of halogens is 1. The Labute approximate surface area is 217 Å². The molecule has 0 radical (unpaired) electrons. The molecular weight excluding hydrogens is 468 g/mol. The van der Waals surface area contributed by atoms with Crippen LogP contribution in [0.1, 0.15) is 57.3 Å². The lowest BCUT2D eigenvalue weighted by molar-refractivity contribution is 0.0985. The van der Waals surface area contributed by atoms with Crippen LogP contribution >= 0.6 is 11.6 Å². The molecule has 36 heavy (non-hydrogen) atoms. The Kier molecular flexibility index (Phi) is 7.33. The van der Waals surface area contributed by atoms with Crippen molar-refractivity contribution in [2.45, 2.75) is 38.8 Å². The highest BCUT2D eigenvalue weighted by Crippen LogP contribution is 2.31. The molecule has 1 aliphatic carbocycles. The van der Waals surface area contributed by atoms with E-state index in [0.29, 0.717) is 18.7 Å². The smallest absolute Gasteiger partial charge is 0.185 e. The van der Waals surface area contributed by atoms with Crippen molar-refractivity contribution in [2.24, 2.45) is 11.7 Å². The van der Waals surface area contributed by atoms with Gasteiger partial charge in [-0.15, -0.1) is 0 Å². The van der Waals surface area contributed by atoms with Crippen LogP contribution in [0.5, 0.6) is 0 Å². The van der Waals surface area contributed by atoms with E-state index in [9.17, 15) is 4.79 Å². The van der Waals surface area contributed by atoms with Crippen LogP contribution in [0.3, 0.4) is 0 Å². The molecule has 0 saturated heterocycles. The van der Waals surface area contributed by atoms with Crippen molar-refractivity contribution >= 4 is 17.4 Å². The predicted molar refractivity (Wildman–Crippen MR) is 145 cm³/mol. The van der Waals surface area contributed by atoms with Crippen LogP contribution < -0.4 is 11.1 Å². The summed E-state index contributed by atoms with van der Waals surface area (Å²) >= 11 is 6.15. The monoisotopic (exact) mass is 498 g/mol. The van der Waals surface area contributed by atoms with Gasteiger partial charge in [-0.25, -0.2) is 4.68 Å². The first-order valence-electron chi connectivity index (χ1n) is 12.5. The number of aromatic nitrogens is 2. The largest absolute Gasteiger partial charge is 0.326 e. The first kappa shape index (κ1) is 24.4. The Hall–Kier alpha value is -3.25. The van der Waals surface area contributed by atoms with Gasteiger partial charge in [0, 0.05) is 18.0 Å². The molecule has 6 heteroatoms. The molecule has 184 valence electrons. The average molecular weight is 499 g/mol. The van der Waals surface area contributed by atoms with Crippen LogP contribution in [0.25, 0.3) is 5.69 Å². The summed E-state index contributed by atoms with van der Waals surface area (Å²) in [6.45, 7) is 3.33. The minimum absolute atomic E-state index is 0.0277. The lowest BCUT2D eigenvalue weighted by Gasteiger charge is -2.21. The van der Waals surface area contributed by atoms with Crippen molar-refractivity contribution in [2.75, 3.05) is 6.54 Å². The summed E-state index contributed by atoms with van der Waals surface area (Å²) in [5.41, 5.74) is 12.3. The third kappa shape index (κ3) is 5.76. The number of nitrogens with one attached hydrogen (secondary N) is 1. The Bertz CT molecular complexity index is 1360. The molecular formula is C30H31ClN4O. The van der Waals surface area contributed by atoms with Crippen LogP contribution in [0.2, 0.25) is 5.02 Å². The summed E-state index contributed by atoms with van der Waals surface area (Å²) in [5.74, 6) is 0.783. The Morgan fingerprint density at radius 2 is 1.78 bits per heavy atom. The van der Waals surface area contributed by atoms with Crippen molar-refractivity contribution in [3.05, 3.63) is 118 Å². The second-order valence-corrected chi connectivity index (χ2v) is 10.1. The van der Waals surface area contributed by atoms with Crippen molar-refractivity contribution in [3.63, 3.8) is 0 Å². The van der Waals surface area contributed by atoms with E-state index in [-0.39, 0.29) is 11.8 Å². The van der Waals surface area contributed by atoms with Gasteiger partial charge in [0.15, 0.2) is 5.78 Å². The molecule has 0 amide bonds. The lowest BCUT2D eigenvalue weighted by Crippen LogP contribution is -2.24. The summed E-state index contributed by atoms with van der Waals surface area (Å²) in [7, 11) is 0. The molecule has 0 bridgehead atoms. The summed E-state index contributed by atoms with van der Waals surface area (Å²) < 4.78 is 1.73. The molecule has 1 fully saturated rings. The molecule has 1 aromatic heterocycles. The Balaban J connectivity index is 1.40. The number of nitrogens with zero attached hydrogens (tertiary/aromatic N) is 2. The van der Waals surface area contributed by atoms with Gasteiger partial charge in [-0.3, -0.25) is 4.79 Å². The molecule has 1 aliphatic rings. The highest BCUT2D eigenvalue weighted by molar-refractivity contribution is 6.30. The summed E-state index contributed by atoms with van der Waals surface area (Å²) in [4.78, 5) is 13.5. The number of carbonyl (C=O) groups is 1. The third-order valence-electron chi connectivity index (χ3n) is 6.67. The zero-order chi connectivity index (χ0) is 25.1. The van der Waals surface area contributed by atoms with E-state index in [1.807, 2.05) is 61.5 Å². The van der Waals surface area contributed by atoms with Crippen LogP contribution in [-0.4, -0.2) is 22.1 Å². The fourth-order valence-corrected chi connectivity index (χ4v) is 4.68. The van der Waals surface area contributed by atoms with Gasteiger partial charge in [-0.05, 0) is 84.8 Å². The molecule has 5 rings (SSSR count). The highest BCUT2D eigenvalue weighted by Gasteiger charge is 2.24. The molecule has 1 saturated carbocycles. The maximum absolute atomic E-state index is 13.5. The minimum Gasteiger partial charge on any atom is -0.326 e. The standard InChI is InChI=1S/C30H31ClN4O/c1-20-14-28(35(34-20)27-7-3-5-23(16-27)18-32)29(36)17-22-4-2-6-25(15-22)30(33-19-21-8-9-21)24-10-12-26(31)13-11-24/h2-7,10-16,21,30,33H,8-9,17-19,32H2,1H3. The number of rotatable bonds is 10. The fraction of sp³-hybridized carbons (Fsp3) is 0.267. The van der Waals surface area contributed by atoms with Gasteiger partial charge in [-0.2, -0.15) is 5.10 Å². The summed E-state index contributed by atoms with van der Waals surface area (Å²) in [6, 6.07) is 26.1. The molecule has 1 atom stereocenters. The van der Waals surface area contributed by atoms with Gasteiger partial charge in [0.1, 0.15) is 5.69 Å². The first-order valence-corrected chi connectivity index (χ1v) is 12.8. The predicted octanol–water partition coefficient (Wildman–Crippen LogP) is 5.81. The van der Waals surface area contributed by atoms with Crippen LogP contribution in [-0.2, 0) is 13.0 Å². The highest BCUT2D eigenvalue weighted by atomic mass is 35.5. The van der Waals surface area contributed by atoms with E-state index in [1.54, 1.807) is 4.68 Å². The van der Waals surface area contributed by atoms with Crippen molar-refractivity contribution in [3.8, 4) is 5.69 Å². The molecule has 0 aliphatic heterocycles. The van der Waals surface area contributed by atoms with Gasteiger partial charge >= 0.3 is 0 Å². The topological polar surface area (TPSA) is 72.9 Å². The molecule has 3 aromatic carbocycles. The summed E-state index contributed by atoms with van der Waals surface area (Å²) in [5, 5.41) is 9.06. The zero-order valence-corrected chi connectivity index (χ0v) is 21.2. The number of hydrogen-bond donors (Lipinski definition) is 2.